The molecule has 0 saturated heterocycles. The minimum Gasteiger partial charge on any atom is -0.490 e. The Morgan fingerprint density at radius 2 is 1.76 bits per heavy atom. The molecular formula is C32H22BrCl2N3O4. The molecule has 4 aromatic carbocycles. The maximum atomic E-state index is 13.7. The van der Waals surface area contributed by atoms with Crippen molar-refractivity contribution in [1.82, 2.24) is 9.66 Å². The monoisotopic (exact) mass is 661 g/mol. The predicted molar refractivity (Wildman–Crippen MR) is 170 cm³/mol. The fourth-order valence-corrected chi connectivity index (χ4v) is 5.21. The van der Waals surface area contributed by atoms with E-state index in [0.29, 0.717) is 60.4 Å². The maximum absolute atomic E-state index is 13.7. The Morgan fingerprint density at radius 1 is 1.00 bits per heavy atom. The predicted octanol–water partition coefficient (Wildman–Crippen LogP) is 8.74. The average molecular weight is 663 g/mol. The molecule has 2 aromatic heterocycles. The van der Waals surface area contributed by atoms with E-state index < -0.39 is 0 Å². The Kier molecular flexibility index (Phi) is 8.02. The number of furan rings is 1. The van der Waals surface area contributed by atoms with Gasteiger partial charge < -0.3 is 13.9 Å². The van der Waals surface area contributed by atoms with E-state index in [0.717, 1.165) is 10.9 Å². The summed E-state index contributed by atoms with van der Waals surface area (Å²) in [6, 6.07) is 25.6. The highest BCUT2D eigenvalue weighted by Crippen LogP contribution is 2.42. The molecule has 0 aliphatic rings. The molecule has 0 amide bonds. The summed E-state index contributed by atoms with van der Waals surface area (Å²) in [6.07, 6.45) is 1.52. The molecule has 10 heteroatoms. The van der Waals surface area contributed by atoms with Gasteiger partial charge in [0.2, 0.25) is 5.82 Å². The molecule has 7 nitrogen and oxygen atoms in total. The molecule has 0 unspecified atom stereocenters. The van der Waals surface area contributed by atoms with E-state index in [1.807, 2.05) is 55.5 Å². The van der Waals surface area contributed by atoms with Crippen LogP contribution in [0.15, 0.2) is 104 Å². The van der Waals surface area contributed by atoms with Crippen molar-refractivity contribution in [2.45, 2.75) is 13.5 Å². The topological polar surface area (TPSA) is 78.9 Å². The van der Waals surface area contributed by atoms with Crippen LogP contribution in [0.4, 0.5) is 0 Å². The van der Waals surface area contributed by atoms with Gasteiger partial charge in [-0.1, -0.05) is 65.7 Å². The van der Waals surface area contributed by atoms with Crippen molar-refractivity contribution in [3.8, 4) is 23.1 Å². The van der Waals surface area contributed by atoms with Crippen LogP contribution in [-0.4, -0.2) is 22.5 Å². The van der Waals surface area contributed by atoms with Crippen LogP contribution in [0.1, 0.15) is 18.1 Å². The van der Waals surface area contributed by atoms with Crippen LogP contribution < -0.4 is 15.0 Å². The molecule has 0 atom stereocenters. The SMILES string of the molecule is CCOc1cc(C=Nn2c(-c3cc4ccccc4o3)nc3ccccc3c2=O)c(Br)c(Cl)c1OCc1ccc(Cl)cc1. The first-order valence-corrected chi connectivity index (χ1v) is 14.5. The van der Waals surface area contributed by atoms with Crippen molar-refractivity contribution in [2.75, 3.05) is 6.61 Å². The van der Waals surface area contributed by atoms with Crippen molar-refractivity contribution >= 4 is 67.2 Å². The van der Waals surface area contributed by atoms with Crippen LogP contribution >= 0.6 is 39.1 Å². The Labute approximate surface area is 259 Å². The molecule has 0 N–H and O–H groups in total. The smallest absolute Gasteiger partial charge is 0.282 e. The molecule has 42 heavy (non-hydrogen) atoms. The molecule has 0 aliphatic carbocycles. The van der Waals surface area contributed by atoms with Gasteiger partial charge in [-0.25, -0.2) is 4.98 Å². The van der Waals surface area contributed by atoms with E-state index in [1.165, 1.54) is 10.9 Å². The number of rotatable bonds is 8. The molecule has 0 aliphatic heterocycles. The van der Waals surface area contributed by atoms with Crippen LogP contribution in [0.25, 0.3) is 33.5 Å². The number of benzene rings is 4. The van der Waals surface area contributed by atoms with E-state index in [9.17, 15) is 4.79 Å². The third-order valence-electron chi connectivity index (χ3n) is 6.46. The fourth-order valence-electron chi connectivity index (χ4n) is 4.43. The third kappa shape index (κ3) is 5.53. The molecule has 0 radical (unpaired) electrons. The van der Waals surface area contributed by atoms with Crippen LogP contribution in [0.2, 0.25) is 10.0 Å². The Morgan fingerprint density at radius 3 is 2.55 bits per heavy atom. The number of nitrogens with zero attached hydrogens (tertiary/aromatic N) is 3. The van der Waals surface area contributed by atoms with Crippen molar-refractivity contribution in [3.05, 3.63) is 121 Å². The lowest BCUT2D eigenvalue weighted by molar-refractivity contribution is 0.269. The lowest BCUT2D eigenvalue weighted by atomic mass is 10.2. The van der Waals surface area contributed by atoms with Gasteiger partial charge >= 0.3 is 0 Å². The number of fused-ring (bicyclic) bond motifs is 2. The largest absolute Gasteiger partial charge is 0.490 e. The minimum atomic E-state index is -0.345. The quantitative estimate of drug-likeness (QED) is 0.152. The van der Waals surface area contributed by atoms with E-state index in [4.69, 9.17) is 42.1 Å². The van der Waals surface area contributed by atoms with Gasteiger partial charge in [-0.3, -0.25) is 4.79 Å². The third-order valence-corrected chi connectivity index (χ3v) is 8.16. The second kappa shape index (κ2) is 12.0. The van der Waals surface area contributed by atoms with Gasteiger partial charge in [0.05, 0.1) is 23.7 Å². The summed E-state index contributed by atoms with van der Waals surface area (Å²) in [5.41, 5.74) is 2.35. The van der Waals surface area contributed by atoms with Gasteiger partial charge in [0, 0.05) is 20.4 Å². The summed E-state index contributed by atoms with van der Waals surface area (Å²) in [5.74, 6) is 1.49. The van der Waals surface area contributed by atoms with Crippen molar-refractivity contribution in [3.63, 3.8) is 0 Å². The molecule has 6 rings (SSSR count). The molecule has 0 saturated carbocycles. The number of ether oxygens (including phenoxy) is 2. The first-order valence-electron chi connectivity index (χ1n) is 13.0. The van der Waals surface area contributed by atoms with Gasteiger partial charge in [-0.05, 0) is 70.9 Å². The van der Waals surface area contributed by atoms with Gasteiger partial charge in [-0.15, -0.1) is 0 Å². The number of aromatic nitrogens is 2. The zero-order chi connectivity index (χ0) is 29.2. The number of halogens is 3. The zero-order valence-electron chi connectivity index (χ0n) is 22.2. The molecule has 0 bridgehead atoms. The summed E-state index contributed by atoms with van der Waals surface area (Å²) in [7, 11) is 0. The molecule has 210 valence electrons. The molecule has 6 aromatic rings. The summed E-state index contributed by atoms with van der Waals surface area (Å²) >= 11 is 16.3. The molecule has 0 spiro atoms. The second-order valence-electron chi connectivity index (χ2n) is 9.23. The van der Waals surface area contributed by atoms with Gasteiger partial charge in [0.15, 0.2) is 17.3 Å². The zero-order valence-corrected chi connectivity index (χ0v) is 25.3. The van der Waals surface area contributed by atoms with Gasteiger partial charge in [0.1, 0.15) is 17.2 Å². The normalized spacial score (nSPS) is 11.5. The fraction of sp³-hybridized carbons (Fsp3) is 0.0938. The number of para-hydroxylation sites is 2. The highest BCUT2D eigenvalue weighted by molar-refractivity contribution is 9.10. The van der Waals surface area contributed by atoms with E-state index in [1.54, 1.807) is 36.4 Å². The summed E-state index contributed by atoms with van der Waals surface area (Å²) < 4.78 is 19.7. The minimum absolute atomic E-state index is 0.260. The first kappa shape index (κ1) is 28.0. The lowest BCUT2D eigenvalue weighted by Crippen LogP contribution is -2.20. The Bertz CT molecular complexity index is 1990. The first-order chi connectivity index (χ1) is 20.4. The van der Waals surface area contributed by atoms with E-state index in [-0.39, 0.29) is 18.0 Å². The Balaban J connectivity index is 1.43. The van der Waals surface area contributed by atoms with Crippen LogP contribution in [0.3, 0.4) is 0 Å². The van der Waals surface area contributed by atoms with E-state index >= 15 is 0 Å². The van der Waals surface area contributed by atoms with Crippen molar-refractivity contribution in [2.24, 2.45) is 5.10 Å². The highest BCUT2D eigenvalue weighted by Gasteiger charge is 2.19. The molecule has 2 heterocycles. The summed E-state index contributed by atoms with van der Waals surface area (Å²) in [4.78, 5) is 18.4. The summed E-state index contributed by atoms with van der Waals surface area (Å²) in [6.45, 7) is 2.51. The van der Waals surface area contributed by atoms with Crippen molar-refractivity contribution in [1.29, 1.82) is 0 Å². The van der Waals surface area contributed by atoms with Gasteiger partial charge in [0.25, 0.3) is 5.56 Å². The van der Waals surface area contributed by atoms with Crippen molar-refractivity contribution < 1.29 is 13.9 Å². The van der Waals surface area contributed by atoms with Crippen LogP contribution in [0, 0.1) is 0 Å². The second-order valence-corrected chi connectivity index (χ2v) is 10.8. The number of hydrogen-bond donors (Lipinski definition) is 0. The lowest BCUT2D eigenvalue weighted by Gasteiger charge is -2.16. The molecular weight excluding hydrogens is 641 g/mol. The standard InChI is InChI=1S/C32H22BrCl2N3O4/c1-2-40-26-16-21(28(33)29(35)30(26)41-18-19-11-13-22(34)14-12-19)17-36-38-31(27-15-20-7-3-6-10-25(20)42-27)37-24-9-5-4-8-23(24)32(38)39/h3-17H,2,18H2,1H3. The summed E-state index contributed by atoms with van der Waals surface area (Å²) in [5, 5.41) is 6.82. The highest BCUT2D eigenvalue weighted by atomic mass is 79.9. The molecule has 0 fully saturated rings. The van der Waals surface area contributed by atoms with E-state index in [2.05, 4.69) is 21.0 Å². The number of hydrogen-bond acceptors (Lipinski definition) is 6. The Hall–Kier alpha value is -4.11. The average Bonchev–Trinajstić information content (AvgIpc) is 3.44. The van der Waals surface area contributed by atoms with Crippen LogP contribution in [0.5, 0.6) is 11.5 Å². The maximum Gasteiger partial charge on any atom is 0.282 e. The van der Waals surface area contributed by atoms with Crippen LogP contribution in [-0.2, 0) is 6.61 Å². The van der Waals surface area contributed by atoms with Gasteiger partial charge in [-0.2, -0.15) is 9.78 Å².